The first-order valence-corrected chi connectivity index (χ1v) is 5.59. The van der Waals surface area contributed by atoms with E-state index in [9.17, 15) is 8.78 Å². The van der Waals surface area contributed by atoms with Crippen LogP contribution in [0, 0.1) is 5.92 Å². The van der Waals surface area contributed by atoms with Crippen molar-refractivity contribution in [2.45, 2.75) is 32.6 Å². The lowest BCUT2D eigenvalue weighted by Gasteiger charge is -2.19. The summed E-state index contributed by atoms with van der Waals surface area (Å²) in [6.07, 6.45) is -2.73. The molecule has 1 aromatic rings. The van der Waals surface area contributed by atoms with Crippen LogP contribution in [0.25, 0.3) is 0 Å². The molecule has 0 amide bonds. The lowest BCUT2D eigenvalue weighted by molar-refractivity contribution is -0.287. The molecular formula is C12H16ClF2NO2. The number of para-hydroxylation sites is 1. The molecule has 1 aliphatic heterocycles. The highest BCUT2D eigenvalue weighted by Crippen LogP contribution is 2.45. The number of nitrogens with two attached hydrogens (primary N) is 1. The van der Waals surface area contributed by atoms with Gasteiger partial charge in [-0.3, -0.25) is 0 Å². The number of ether oxygens (including phenoxy) is 2. The minimum absolute atomic E-state index is 0. The number of alkyl halides is 2. The first kappa shape index (κ1) is 15.0. The van der Waals surface area contributed by atoms with E-state index < -0.39 is 6.29 Å². The average Bonchev–Trinajstić information content (AvgIpc) is 2.60. The summed E-state index contributed by atoms with van der Waals surface area (Å²) in [6, 6.07) is 4.44. The molecule has 102 valence electrons. The van der Waals surface area contributed by atoms with E-state index in [4.69, 9.17) is 5.73 Å². The smallest absolute Gasteiger partial charge is 0.395 e. The molecule has 0 aromatic heterocycles. The summed E-state index contributed by atoms with van der Waals surface area (Å²) in [6.45, 7) is 3.97. The summed E-state index contributed by atoms with van der Waals surface area (Å²) in [5.41, 5.74) is 6.59. The van der Waals surface area contributed by atoms with Gasteiger partial charge in [0.25, 0.3) is 0 Å². The largest absolute Gasteiger partial charge is 0.586 e. The van der Waals surface area contributed by atoms with Crippen molar-refractivity contribution in [1.82, 2.24) is 0 Å². The van der Waals surface area contributed by atoms with E-state index in [1.807, 2.05) is 13.8 Å². The van der Waals surface area contributed by atoms with Crippen molar-refractivity contribution in [3.8, 4) is 11.5 Å². The second kappa shape index (κ2) is 5.28. The van der Waals surface area contributed by atoms with Gasteiger partial charge in [0.05, 0.1) is 0 Å². The molecule has 6 heteroatoms. The Morgan fingerprint density at radius 2 is 2.00 bits per heavy atom. The van der Waals surface area contributed by atoms with Gasteiger partial charge in [-0.15, -0.1) is 21.2 Å². The topological polar surface area (TPSA) is 44.5 Å². The van der Waals surface area contributed by atoms with Crippen molar-refractivity contribution < 1.29 is 18.3 Å². The van der Waals surface area contributed by atoms with E-state index in [1.165, 1.54) is 6.07 Å². The van der Waals surface area contributed by atoms with Crippen LogP contribution in [0.3, 0.4) is 0 Å². The molecule has 0 fully saturated rings. The molecule has 3 nitrogen and oxygen atoms in total. The zero-order valence-electron chi connectivity index (χ0n) is 10.2. The number of rotatable bonds is 3. The van der Waals surface area contributed by atoms with Crippen molar-refractivity contribution in [3.05, 3.63) is 23.8 Å². The van der Waals surface area contributed by atoms with Gasteiger partial charge in [0.1, 0.15) is 0 Å². The monoisotopic (exact) mass is 279 g/mol. The second-order valence-corrected chi connectivity index (χ2v) is 4.25. The molecule has 0 bridgehead atoms. The van der Waals surface area contributed by atoms with Crippen LogP contribution in [0.2, 0.25) is 0 Å². The fourth-order valence-corrected chi connectivity index (χ4v) is 1.81. The van der Waals surface area contributed by atoms with Crippen LogP contribution >= 0.6 is 12.4 Å². The van der Waals surface area contributed by atoms with Crippen molar-refractivity contribution in [3.63, 3.8) is 0 Å². The average molecular weight is 280 g/mol. The maximum atomic E-state index is 13.0. The summed E-state index contributed by atoms with van der Waals surface area (Å²) >= 11 is 0. The summed E-state index contributed by atoms with van der Waals surface area (Å²) in [5, 5.41) is 0. The zero-order valence-corrected chi connectivity index (χ0v) is 11.0. The molecule has 0 saturated heterocycles. The Bertz CT molecular complexity index is 429. The molecule has 1 unspecified atom stereocenters. The van der Waals surface area contributed by atoms with Gasteiger partial charge in [-0.05, 0) is 12.0 Å². The predicted molar refractivity (Wildman–Crippen MR) is 66.3 cm³/mol. The van der Waals surface area contributed by atoms with E-state index in [0.717, 1.165) is 6.42 Å². The summed E-state index contributed by atoms with van der Waals surface area (Å²) in [7, 11) is 0. The zero-order chi connectivity index (χ0) is 12.6. The molecule has 1 aliphatic rings. The lowest BCUT2D eigenvalue weighted by atomic mass is 9.92. The Morgan fingerprint density at radius 3 is 2.61 bits per heavy atom. The fraction of sp³-hybridized carbons (Fsp3) is 0.500. The first-order chi connectivity index (χ1) is 7.94. The molecule has 2 rings (SSSR count). The normalized spacial score (nSPS) is 18.9. The van der Waals surface area contributed by atoms with Crippen LogP contribution in [0.5, 0.6) is 11.5 Å². The Labute approximate surface area is 111 Å². The summed E-state index contributed by atoms with van der Waals surface area (Å²) in [4.78, 5) is 0. The Kier molecular flexibility index (Phi) is 4.40. The third-order valence-electron chi connectivity index (χ3n) is 3.08. The van der Waals surface area contributed by atoms with E-state index >= 15 is 0 Å². The maximum absolute atomic E-state index is 13.0. The van der Waals surface area contributed by atoms with Gasteiger partial charge in [0, 0.05) is 11.6 Å². The first-order valence-electron chi connectivity index (χ1n) is 5.59. The van der Waals surface area contributed by atoms with Crippen molar-refractivity contribution >= 4 is 12.4 Å². The van der Waals surface area contributed by atoms with E-state index in [2.05, 4.69) is 9.47 Å². The van der Waals surface area contributed by atoms with Crippen LogP contribution in [0.1, 0.15) is 31.9 Å². The molecule has 2 N–H and O–H groups in total. The predicted octanol–water partition coefficient (Wildman–Crippen LogP) is 3.48. The molecule has 2 atom stereocenters. The molecule has 0 spiro atoms. The Morgan fingerprint density at radius 1 is 1.33 bits per heavy atom. The van der Waals surface area contributed by atoms with Gasteiger partial charge in [-0.2, -0.15) is 0 Å². The number of fused-ring (bicyclic) bond motifs is 1. The maximum Gasteiger partial charge on any atom is 0.586 e. The second-order valence-electron chi connectivity index (χ2n) is 4.25. The van der Waals surface area contributed by atoms with Crippen LogP contribution in [-0.2, 0) is 0 Å². The Balaban J connectivity index is 0.00000162. The SMILES string of the molecule is CCC(C)[C@H](N)c1cccc2c1OC(F)(F)O2.Cl. The van der Waals surface area contributed by atoms with Gasteiger partial charge >= 0.3 is 6.29 Å². The molecule has 18 heavy (non-hydrogen) atoms. The minimum atomic E-state index is -3.59. The van der Waals surface area contributed by atoms with Crippen molar-refractivity contribution in [1.29, 1.82) is 0 Å². The number of benzene rings is 1. The van der Waals surface area contributed by atoms with Crippen LogP contribution < -0.4 is 15.2 Å². The van der Waals surface area contributed by atoms with Crippen molar-refractivity contribution in [2.24, 2.45) is 11.7 Å². The fourth-order valence-electron chi connectivity index (χ4n) is 1.81. The van der Waals surface area contributed by atoms with E-state index in [0.29, 0.717) is 5.56 Å². The van der Waals surface area contributed by atoms with E-state index in [1.54, 1.807) is 12.1 Å². The molecule has 0 saturated carbocycles. The molecule has 1 aromatic carbocycles. The highest BCUT2D eigenvalue weighted by Gasteiger charge is 2.45. The highest BCUT2D eigenvalue weighted by atomic mass is 35.5. The molecular weight excluding hydrogens is 264 g/mol. The van der Waals surface area contributed by atoms with Crippen LogP contribution in [0.15, 0.2) is 18.2 Å². The van der Waals surface area contributed by atoms with Gasteiger partial charge in [0.15, 0.2) is 11.5 Å². The van der Waals surface area contributed by atoms with Crippen molar-refractivity contribution in [2.75, 3.05) is 0 Å². The Hall–Kier alpha value is -1.07. The van der Waals surface area contributed by atoms with Gasteiger partial charge in [-0.25, -0.2) is 0 Å². The van der Waals surface area contributed by atoms with Gasteiger partial charge < -0.3 is 15.2 Å². The summed E-state index contributed by atoms with van der Waals surface area (Å²) < 4.78 is 34.8. The lowest BCUT2D eigenvalue weighted by Crippen LogP contribution is -2.26. The van der Waals surface area contributed by atoms with Gasteiger partial charge in [0.2, 0.25) is 0 Å². The van der Waals surface area contributed by atoms with Crippen LogP contribution in [0.4, 0.5) is 8.78 Å². The minimum Gasteiger partial charge on any atom is -0.395 e. The number of halogens is 3. The standard InChI is InChI=1S/C12H15F2NO2.ClH/c1-3-7(2)10(15)8-5-4-6-9-11(8)17-12(13,14)16-9;/h4-7,10H,3,15H2,1-2H3;1H/t7?,10-;/m0./s1. The van der Waals surface area contributed by atoms with E-state index in [-0.39, 0.29) is 35.9 Å². The number of hydrogen-bond acceptors (Lipinski definition) is 3. The van der Waals surface area contributed by atoms with Crippen LogP contribution in [-0.4, -0.2) is 6.29 Å². The molecule has 1 heterocycles. The third kappa shape index (κ3) is 2.67. The quantitative estimate of drug-likeness (QED) is 0.921. The molecule has 0 aliphatic carbocycles. The van der Waals surface area contributed by atoms with Gasteiger partial charge in [-0.1, -0.05) is 32.4 Å². The number of hydrogen-bond donors (Lipinski definition) is 1. The highest BCUT2D eigenvalue weighted by molar-refractivity contribution is 5.85. The molecule has 0 radical (unpaired) electrons. The summed E-state index contributed by atoms with van der Waals surface area (Å²) in [5.74, 6) is 0.288. The third-order valence-corrected chi connectivity index (χ3v) is 3.08.